The van der Waals surface area contributed by atoms with Gasteiger partial charge in [0.15, 0.2) is 0 Å². The van der Waals surface area contributed by atoms with Gasteiger partial charge in [-0.25, -0.2) is 5.84 Å². The first-order valence-corrected chi connectivity index (χ1v) is 6.86. The van der Waals surface area contributed by atoms with Crippen LogP contribution in [-0.4, -0.2) is 10.5 Å². The first-order chi connectivity index (χ1) is 10.6. The number of hydrazine groups is 1. The van der Waals surface area contributed by atoms with Gasteiger partial charge in [0.2, 0.25) is 0 Å². The highest BCUT2D eigenvalue weighted by molar-refractivity contribution is 6.07. The van der Waals surface area contributed by atoms with Crippen molar-refractivity contribution in [3.63, 3.8) is 0 Å². The summed E-state index contributed by atoms with van der Waals surface area (Å²) in [7, 11) is 0. The van der Waals surface area contributed by atoms with E-state index in [-0.39, 0.29) is 5.56 Å². The molecule has 0 aliphatic rings. The fourth-order valence-corrected chi connectivity index (χ4v) is 2.66. The Kier molecular flexibility index (Phi) is 3.48. The Hall–Kier alpha value is -2.92. The van der Waals surface area contributed by atoms with Gasteiger partial charge in [0, 0.05) is 16.6 Å². The van der Waals surface area contributed by atoms with Crippen LogP contribution in [0.2, 0.25) is 0 Å². The van der Waals surface area contributed by atoms with Crippen LogP contribution in [0.4, 0.5) is 0 Å². The van der Waals surface area contributed by atoms with Gasteiger partial charge in [0.05, 0.1) is 11.1 Å². The molecule has 0 spiro atoms. The number of rotatable bonds is 2. The van der Waals surface area contributed by atoms with Crippen molar-refractivity contribution in [1.29, 1.82) is 0 Å². The summed E-state index contributed by atoms with van der Waals surface area (Å²) in [5, 5.41) is 0.686. The summed E-state index contributed by atoms with van der Waals surface area (Å²) in [5.41, 5.74) is 3.99. The first-order valence-electron chi connectivity index (χ1n) is 6.86. The molecule has 2 aromatic carbocycles. The molecule has 1 heterocycles. The number of fused-ring (bicyclic) bond motifs is 1. The molecular formula is C17H15N3O2. The SMILES string of the molecule is Cc1c(C(=O)NN)c2ccccc2n(-c2ccccc2)c1=O. The average Bonchev–Trinajstić information content (AvgIpc) is 2.56. The van der Waals surface area contributed by atoms with E-state index in [1.165, 1.54) is 0 Å². The minimum atomic E-state index is -0.467. The molecule has 22 heavy (non-hydrogen) atoms. The van der Waals surface area contributed by atoms with Gasteiger partial charge in [-0.1, -0.05) is 36.4 Å². The number of para-hydroxylation sites is 2. The molecule has 3 rings (SSSR count). The molecule has 5 nitrogen and oxygen atoms in total. The zero-order chi connectivity index (χ0) is 15.7. The molecule has 0 atom stereocenters. The Morgan fingerprint density at radius 2 is 1.68 bits per heavy atom. The summed E-state index contributed by atoms with van der Waals surface area (Å²) in [5.74, 6) is 4.79. The maximum atomic E-state index is 12.8. The second kappa shape index (κ2) is 5.46. The van der Waals surface area contributed by atoms with Gasteiger partial charge < -0.3 is 0 Å². The minimum absolute atomic E-state index is 0.233. The number of nitrogens with two attached hydrogens (primary N) is 1. The second-order valence-electron chi connectivity index (χ2n) is 4.97. The molecule has 110 valence electrons. The van der Waals surface area contributed by atoms with Gasteiger partial charge in [-0.2, -0.15) is 0 Å². The van der Waals surface area contributed by atoms with E-state index in [1.54, 1.807) is 11.5 Å². The molecule has 0 aliphatic heterocycles. The second-order valence-corrected chi connectivity index (χ2v) is 4.97. The third-order valence-electron chi connectivity index (χ3n) is 3.69. The number of carbonyl (C=O) groups excluding carboxylic acids is 1. The van der Waals surface area contributed by atoms with Crippen LogP contribution in [0.5, 0.6) is 0 Å². The minimum Gasteiger partial charge on any atom is -0.290 e. The van der Waals surface area contributed by atoms with Crippen LogP contribution in [0.1, 0.15) is 15.9 Å². The highest BCUT2D eigenvalue weighted by Crippen LogP contribution is 2.22. The van der Waals surface area contributed by atoms with Crippen LogP contribution in [0, 0.1) is 6.92 Å². The van der Waals surface area contributed by atoms with Gasteiger partial charge in [-0.05, 0) is 25.1 Å². The molecular weight excluding hydrogens is 278 g/mol. The van der Waals surface area contributed by atoms with Crippen LogP contribution < -0.4 is 16.8 Å². The van der Waals surface area contributed by atoms with Gasteiger partial charge in [0.1, 0.15) is 0 Å². The normalized spacial score (nSPS) is 10.6. The first kappa shape index (κ1) is 14.0. The number of nitrogens with one attached hydrogen (secondary N) is 1. The molecule has 0 saturated heterocycles. The smallest absolute Gasteiger partial charge is 0.266 e. The molecule has 0 radical (unpaired) electrons. The number of amides is 1. The monoisotopic (exact) mass is 293 g/mol. The zero-order valence-electron chi connectivity index (χ0n) is 12.0. The lowest BCUT2D eigenvalue weighted by Crippen LogP contribution is -2.33. The van der Waals surface area contributed by atoms with E-state index in [0.29, 0.717) is 22.0 Å². The summed E-state index contributed by atoms with van der Waals surface area (Å²) < 4.78 is 1.61. The number of nitrogens with zero attached hydrogens (tertiary/aromatic N) is 1. The van der Waals surface area contributed by atoms with Gasteiger partial charge in [-0.3, -0.25) is 19.6 Å². The number of carbonyl (C=O) groups is 1. The Morgan fingerprint density at radius 1 is 1.05 bits per heavy atom. The Bertz CT molecular complexity index is 914. The van der Waals surface area contributed by atoms with Gasteiger partial charge in [-0.15, -0.1) is 0 Å². The van der Waals surface area contributed by atoms with Crippen LogP contribution in [0.25, 0.3) is 16.6 Å². The van der Waals surface area contributed by atoms with Crippen molar-refractivity contribution in [3.05, 3.63) is 76.1 Å². The predicted octanol–water partition coefficient (Wildman–Crippen LogP) is 1.90. The summed E-state index contributed by atoms with van der Waals surface area (Å²) in [6, 6.07) is 16.6. The third kappa shape index (κ3) is 2.08. The number of hydrogen-bond acceptors (Lipinski definition) is 3. The summed E-state index contributed by atoms with van der Waals surface area (Å²) in [6.07, 6.45) is 0. The summed E-state index contributed by atoms with van der Waals surface area (Å²) >= 11 is 0. The lowest BCUT2D eigenvalue weighted by atomic mass is 10.0. The molecule has 0 bridgehead atoms. The fourth-order valence-electron chi connectivity index (χ4n) is 2.66. The van der Waals surface area contributed by atoms with E-state index < -0.39 is 5.91 Å². The molecule has 3 aromatic rings. The Labute approximate surface area is 127 Å². The van der Waals surface area contributed by atoms with Crippen molar-refractivity contribution in [2.24, 2.45) is 5.84 Å². The lowest BCUT2D eigenvalue weighted by molar-refractivity contribution is 0.0954. The van der Waals surface area contributed by atoms with E-state index in [1.807, 2.05) is 54.6 Å². The van der Waals surface area contributed by atoms with E-state index in [4.69, 9.17) is 5.84 Å². The molecule has 0 fully saturated rings. The highest BCUT2D eigenvalue weighted by atomic mass is 16.2. The van der Waals surface area contributed by atoms with Crippen molar-refractivity contribution in [3.8, 4) is 5.69 Å². The van der Waals surface area contributed by atoms with E-state index in [0.717, 1.165) is 5.69 Å². The Morgan fingerprint density at radius 3 is 2.36 bits per heavy atom. The molecule has 5 heteroatoms. The molecule has 1 amide bonds. The number of nitrogen functional groups attached to an aromatic ring is 1. The molecule has 0 unspecified atom stereocenters. The quantitative estimate of drug-likeness (QED) is 0.430. The average molecular weight is 293 g/mol. The topological polar surface area (TPSA) is 77.1 Å². The number of pyridine rings is 1. The van der Waals surface area contributed by atoms with Crippen LogP contribution >= 0.6 is 0 Å². The maximum Gasteiger partial charge on any atom is 0.266 e. The number of benzene rings is 2. The van der Waals surface area contributed by atoms with Crippen molar-refractivity contribution in [1.82, 2.24) is 9.99 Å². The summed E-state index contributed by atoms with van der Waals surface area (Å²) in [4.78, 5) is 24.8. The van der Waals surface area contributed by atoms with Crippen molar-refractivity contribution < 1.29 is 4.79 Å². The third-order valence-corrected chi connectivity index (χ3v) is 3.69. The molecule has 3 N–H and O–H groups in total. The van der Waals surface area contributed by atoms with Crippen molar-refractivity contribution >= 4 is 16.8 Å². The molecule has 0 saturated carbocycles. The number of aromatic nitrogens is 1. The van der Waals surface area contributed by atoms with Crippen molar-refractivity contribution in [2.45, 2.75) is 6.92 Å². The van der Waals surface area contributed by atoms with Crippen LogP contribution in [0.3, 0.4) is 0 Å². The fraction of sp³-hybridized carbons (Fsp3) is 0.0588. The van der Waals surface area contributed by atoms with E-state index in [9.17, 15) is 9.59 Å². The summed E-state index contributed by atoms with van der Waals surface area (Å²) in [6.45, 7) is 1.64. The van der Waals surface area contributed by atoms with Gasteiger partial charge in [0.25, 0.3) is 11.5 Å². The standard InChI is InChI=1S/C17H15N3O2/c1-11-15(16(21)19-18)13-9-5-6-10-14(13)20(17(11)22)12-7-3-2-4-8-12/h2-10H,18H2,1H3,(H,19,21). The van der Waals surface area contributed by atoms with Crippen LogP contribution in [-0.2, 0) is 0 Å². The molecule has 1 aromatic heterocycles. The van der Waals surface area contributed by atoms with E-state index in [2.05, 4.69) is 5.43 Å². The predicted molar refractivity (Wildman–Crippen MR) is 85.9 cm³/mol. The van der Waals surface area contributed by atoms with Gasteiger partial charge >= 0.3 is 0 Å². The highest BCUT2D eigenvalue weighted by Gasteiger charge is 2.18. The largest absolute Gasteiger partial charge is 0.290 e. The lowest BCUT2D eigenvalue weighted by Gasteiger charge is -2.15. The van der Waals surface area contributed by atoms with E-state index >= 15 is 0 Å². The zero-order valence-corrected chi connectivity index (χ0v) is 12.0. The molecule has 0 aliphatic carbocycles. The van der Waals surface area contributed by atoms with Crippen LogP contribution in [0.15, 0.2) is 59.4 Å². The maximum absolute atomic E-state index is 12.8. The number of hydrogen-bond donors (Lipinski definition) is 2. The Balaban J connectivity index is 2.49. The van der Waals surface area contributed by atoms with Crippen molar-refractivity contribution in [2.75, 3.05) is 0 Å².